The first-order chi connectivity index (χ1) is 9.58. The van der Waals surface area contributed by atoms with Crippen LogP contribution < -0.4 is 0 Å². The number of rotatable bonds is 2. The number of nitrogens with one attached hydrogen (secondary N) is 1. The lowest BCUT2D eigenvalue weighted by atomic mass is 10.2. The molecule has 0 radical (unpaired) electrons. The smallest absolute Gasteiger partial charge is 0.270 e. The summed E-state index contributed by atoms with van der Waals surface area (Å²) in [5, 5.41) is 10.2. The number of alkyl halides is 1. The Kier molecular flexibility index (Phi) is 3.22. The highest BCUT2D eigenvalue weighted by atomic mass is 19.1. The van der Waals surface area contributed by atoms with Crippen molar-refractivity contribution in [2.75, 3.05) is 13.2 Å². The number of halogens is 1. The molecule has 106 valence electrons. The second-order valence-electron chi connectivity index (χ2n) is 5.40. The van der Waals surface area contributed by atoms with E-state index in [2.05, 4.69) is 4.98 Å². The number of hydrogen-bond donors (Lipinski definition) is 2. The van der Waals surface area contributed by atoms with E-state index in [4.69, 9.17) is 0 Å². The summed E-state index contributed by atoms with van der Waals surface area (Å²) in [6.07, 6.45) is -0.843. The van der Waals surface area contributed by atoms with Crippen molar-refractivity contribution in [3.63, 3.8) is 0 Å². The third-order valence-electron chi connectivity index (χ3n) is 3.84. The van der Waals surface area contributed by atoms with Gasteiger partial charge in [-0.2, -0.15) is 0 Å². The lowest BCUT2D eigenvalue weighted by Crippen LogP contribution is -2.38. The van der Waals surface area contributed by atoms with E-state index in [9.17, 15) is 14.3 Å². The summed E-state index contributed by atoms with van der Waals surface area (Å²) in [7, 11) is 0. The molecule has 3 rings (SSSR count). The standard InChI is InChI=1S/C15H17FN2O2/c1-9-2-3-10-5-14(17-13(10)4-9)15(20)18-7-11(16)6-12(18)8-19/h2-5,11-12,17,19H,6-8H2,1H3/t11-,12-/m0/s1. The van der Waals surface area contributed by atoms with Gasteiger partial charge >= 0.3 is 0 Å². The Morgan fingerprint density at radius 1 is 1.50 bits per heavy atom. The van der Waals surface area contributed by atoms with E-state index in [1.165, 1.54) is 4.90 Å². The predicted molar refractivity (Wildman–Crippen MR) is 74.5 cm³/mol. The largest absolute Gasteiger partial charge is 0.394 e. The molecule has 20 heavy (non-hydrogen) atoms. The number of nitrogens with zero attached hydrogens (tertiary/aromatic N) is 1. The second kappa shape index (κ2) is 4.90. The number of carbonyl (C=O) groups is 1. The Labute approximate surface area is 116 Å². The van der Waals surface area contributed by atoms with E-state index < -0.39 is 12.2 Å². The van der Waals surface area contributed by atoms with Crippen LogP contribution in [0.5, 0.6) is 0 Å². The first-order valence-electron chi connectivity index (χ1n) is 6.73. The van der Waals surface area contributed by atoms with Gasteiger partial charge in [0.2, 0.25) is 0 Å². The minimum absolute atomic E-state index is 0.0540. The lowest BCUT2D eigenvalue weighted by Gasteiger charge is -2.21. The van der Waals surface area contributed by atoms with Gasteiger partial charge in [0, 0.05) is 17.3 Å². The summed E-state index contributed by atoms with van der Waals surface area (Å²) in [6, 6.07) is 7.25. The number of H-pyrrole nitrogens is 1. The quantitative estimate of drug-likeness (QED) is 0.881. The molecule has 0 unspecified atom stereocenters. The zero-order valence-corrected chi connectivity index (χ0v) is 11.3. The maximum Gasteiger partial charge on any atom is 0.270 e. The average Bonchev–Trinajstić information content (AvgIpc) is 3.00. The number of aliphatic hydroxyl groups excluding tert-OH is 1. The van der Waals surface area contributed by atoms with Gasteiger partial charge < -0.3 is 15.0 Å². The minimum Gasteiger partial charge on any atom is -0.394 e. The molecule has 1 amide bonds. The average molecular weight is 276 g/mol. The summed E-state index contributed by atoms with van der Waals surface area (Å²) in [5.74, 6) is -0.252. The highest BCUT2D eigenvalue weighted by molar-refractivity contribution is 5.98. The molecule has 2 N–H and O–H groups in total. The second-order valence-corrected chi connectivity index (χ2v) is 5.40. The van der Waals surface area contributed by atoms with Gasteiger partial charge in [-0.15, -0.1) is 0 Å². The van der Waals surface area contributed by atoms with Crippen LogP contribution in [0, 0.1) is 6.92 Å². The molecule has 0 aliphatic carbocycles. The maximum atomic E-state index is 13.4. The zero-order valence-electron chi connectivity index (χ0n) is 11.3. The molecular weight excluding hydrogens is 259 g/mol. The van der Waals surface area contributed by atoms with Gasteiger partial charge in [0.1, 0.15) is 11.9 Å². The number of fused-ring (bicyclic) bond motifs is 1. The molecule has 2 aromatic rings. The number of benzene rings is 1. The Bertz CT molecular complexity index is 652. The first kappa shape index (κ1) is 13.1. The zero-order chi connectivity index (χ0) is 14.3. The predicted octanol–water partition coefficient (Wildman–Crippen LogP) is 2.02. The molecule has 0 spiro atoms. The summed E-state index contributed by atoms with van der Waals surface area (Å²) in [6.45, 7) is 1.84. The molecule has 0 saturated carbocycles. The summed E-state index contributed by atoms with van der Waals surface area (Å²) >= 11 is 0. The molecule has 1 fully saturated rings. The molecule has 1 aliphatic rings. The number of carbonyl (C=O) groups excluding carboxylic acids is 1. The third kappa shape index (κ3) is 2.18. The summed E-state index contributed by atoms with van der Waals surface area (Å²) in [5.41, 5.74) is 2.44. The van der Waals surface area contributed by atoms with Crippen molar-refractivity contribution in [2.45, 2.75) is 25.6 Å². The van der Waals surface area contributed by atoms with Crippen molar-refractivity contribution < 1.29 is 14.3 Å². The Morgan fingerprint density at radius 3 is 3.05 bits per heavy atom. The van der Waals surface area contributed by atoms with Gasteiger partial charge in [-0.3, -0.25) is 4.79 Å². The van der Waals surface area contributed by atoms with E-state index in [-0.39, 0.29) is 25.5 Å². The Balaban J connectivity index is 1.92. The van der Waals surface area contributed by atoms with Crippen LogP contribution in [0.15, 0.2) is 24.3 Å². The fourth-order valence-electron chi connectivity index (χ4n) is 2.79. The lowest BCUT2D eigenvalue weighted by molar-refractivity contribution is 0.0668. The first-order valence-corrected chi connectivity index (χ1v) is 6.73. The van der Waals surface area contributed by atoms with Crippen LogP contribution in [-0.2, 0) is 0 Å². The van der Waals surface area contributed by atoms with Gasteiger partial charge in [-0.05, 0) is 24.6 Å². The summed E-state index contributed by atoms with van der Waals surface area (Å²) < 4.78 is 13.4. The van der Waals surface area contributed by atoms with Crippen molar-refractivity contribution in [3.05, 3.63) is 35.5 Å². The molecule has 1 saturated heterocycles. The molecule has 1 aliphatic heterocycles. The van der Waals surface area contributed by atoms with Crippen LogP contribution in [0.1, 0.15) is 22.5 Å². The van der Waals surface area contributed by atoms with Crippen molar-refractivity contribution >= 4 is 16.8 Å². The number of aromatic amines is 1. The maximum absolute atomic E-state index is 13.4. The molecule has 1 aromatic heterocycles. The molecule has 5 heteroatoms. The van der Waals surface area contributed by atoms with Crippen LogP contribution in [0.4, 0.5) is 4.39 Å². The van der Waals surface area contributed by atoms with Crippen molar-refractivity contribution in [3.8, 4) is 0 Å². The van der Waals surface area contributed by atoms with E-state index in [1.807, 2.05) is 25.1 Å². The van der Waals surface area contributed by atoms with Crippen molar-refractivity contribution in [2.24, 2.45) is 0 Å². The van der Waals surface area contributed by atoms with Crippen LogP contribution in [0.2, 0.25) is 0 Å². The van der Waals surface area contributed by atoms with Crippen LogP contribution in [0.3, 0.4) is 0 Å². The number of likely N-dealkylation sites (tertiary alicyclic amines) is 1. The Morgan fingerprint density at radius 2 is 2.30 bits per heavy atom. The van der Waals surface area contributed by atoms with Crippen molar-refractivity contribution in [1.82, 2.24) is 9.88 Å². The van der Waals surface area contributed by atoms with Gasteiger partial charge in [0.25, 0.3) is 5.91 Å². The number of amides is 1. The van der Waals surface area contributed by atoms with Gasteiger partial charge in [0.05, 0.1) is 19.2 Å². The number of aryl methyl sites for hydroxylation is 1. The van der Waals surface area contributed by atoms with E-state index in [1.54, 1.807) is 6.07 Å². The third-order valence-corrected chi connectivity index (χ3v) is 3.84. The number of hydrogen-bond acceptors (Lipinski definition) is 2. The molecule has 2 heterocycles. The van der Waals surface area contributed by atoms with Gasteiger partial charge in [-0.25, -0.2) is 4.39 Å². The molecule has 0 bridgehead atoms. The fourth-order valence-corrected chi connectivity index (χ4v) is 2.79. The van der Waals surface area contributed by atoms with E-state index in [0.29, 0.717) is 5.69 Å². The molecule has 2 atom stereocenters. The van der Waals surface area contributed by atoms with Crippen molar-refractivity contribution in [1.29, 1.82) is 0 Å². The van der Waals surface area contributed by atoms with Gasteiger partial charge in [0.15, 0.2) is 0 Å². The normalized spacial score (nSPS) is 22.6. The molecule has 1 aromatic carbocycles. The number of aliphatic hydroxyl groups is 1. The van der Waals surface area contributed by atoms with Crippen LogP contribution >= 0.6 is 0 Å². The number of aromatic nitrogens is 1. The minimum atomic E-state index is -1.05. The monoisotopic (exact) mass is 276 g/mol. The van der Waals surface area contributed by atoms with Crippen LogP contribution in [-0.4, -0.2) is 46.3 Å². The molecular formula is C15H17FN2O2. The Hall–Kier alpha value is -1.88. The highest BCUT2D eigenvalue weighted by Gasteiger charge is 2.35. The highest BCUT2D eigenvalue weighted by Crippen LogP contribution is 2.24. The van der Waals surface area contributed by atoms with E-state index >= 15 is 0 Å². The van der Waals surface area contributed by atoms with E-state index in [0.717, 1.165) is 16.5 Å². The molecule has 4 nitrogen and oxygen atoms in total. The van der Waals surface area contributed by atoms with Gasteiger partial charge in [-0.1, -0.05) is 12.1 Å². The van der Waals surface area contributed by atoms with Crippen LogP contribution in [0.25, 0.3) is 10.9 Å². The fraction of sp³-hybridized carbons (Fsp3) is 0.400. The topological polar surface area (TPSA) is 56.3 Å². The summed E-state index contributed by atoms with van der Waals surface area (Å²) in [4.78, 5) is 16.9. The SMILES string of the molecule is Cc1ccc2cc(C(=O)N3C[C@@H](F)C[C@H]3CO)[nH]c2c1.